The molecule has 0 saturated heterocycles. The number of carbonyl (C=O) groups is 1. The van der Waals surface area contributed by atoms with Crippen molar-refractivity contribution in [3.63, 3.8) is 0 Å². The minimum atomic E-state index is -3.48. The van der Waals surface area contributed by atoms with Crippen LogP contribution >= 0.6 is 23.2 Å². The molecule has 0 bridgehead atoms. The van der Waals surface area contributed by atoms with Gasteiger partial charge in [0.2, 0.25) is 5.91 Å². The van der Waals surface area contributed by atoms with Gasteiger partial charge in [-0.25, -0.2) is 13.4 Å². The van der Waals surface area contributed by atoms with Crippen LogP contribution in [0.4, 0.5) is 5.82 Å². The molecule has 31 heavy (non-hydrogen) atoms. The number of hydrogen-bond donors (Lipinski definition) is 2. The average Bonchev–Trinajstić information content (AvgIpc) is 2.73. The number of hydrogen-bond acceptors (Lipinski definition) is 6. The van der Waals surface area contributed by atoms with Crippen LogP contribution in [0.2, 0.25) is 10.0 Å². The van der Waals surface area contributed by atoms with Crippen LogP contribution in [0, 0.1) is 5.92 Å². The molecule has 0 aliphatic heterocycles. The van der Waals surface area contributed by atoms with E-state index in [1.165, 1.54) is 12.3 Å². The number of amides is 1. The molecule has 166 valence electrons. The number of sulfone groups is 1. The summed E-state index contributed by atoms with van der Waals surface area (Å²) in [5.41, 5.74) is 1.40. The van der Waals surface area contributed by atoms with Crippen molar-refractivity contribution in [3.05, 3.63) is 52.1 Å². The Bertz CT molecular complexity index is 1080. The molecule has 0 radical (unpaired) electrons. The van der Waals surface area contributed by atoms with Crippen molar-refractivity contribution in [2.45, 2.75) is 42.9 Å². The van der Waals surface area contributed by atoms with E-state index in [0.717, 1.165) is 24.8 Å². The number of anilines is 1. The zero-order chi connectivity index (χ0) is 22.6. The number of nitrogens with zero attached hydrogens (tertiary/aromatic N) is 2. The predicted octanol–water partition coefficient (Wildman–Crippen LogP) is 4.92. The smallest absolute Gasteiger partial charge is 0.233 e. The lowest BCUT2D eigenvalue weighted by Gasteiger charge is -2.27. The summed E-state index contributed by atoms with van der Waals surface area (Å²) in [6.07, 6.45) is 6.05. The first-order valence-electron chi connectivity index (χ1n) is 9.79. The molecule has 1 aromatic heterocycles. The van der Waals surface area contributed by atoms with Crippen LogP contribution in [0.15, 0.2) is 46.6 Å². The molecule has 2 N–H and O–H groups in total. The molecular weight excluding hydrogens is 461 g/mol. The molecular formula is C21H23Cl2N3O4S. The van der Waals surface area contributed by atoms with E-state index in [1.54, 1.807) is 24.3 Å². The Morgan fingerprint density at radius 1 is 1.26 bits per heavy atom. The number of halogens is 2. The fraction of sp³-hybridized carbons (Fsp3) is 0.381. The summed E-state index contributed by atoms with van der Waals surface area (Å²) in [6, 6.07) is 7.85. The predicted molar refractivity (Wildman–Crippen MR) is 121 cm³/mol. The minimum Gasteiger partial charge on any atom is -0.411 e. The van der Waals surface area contributed by atoms with Crippen molar-refractivity contribution in [1.29, 1.82) is 0 Å². The fourth-order valence-corrected chi connectivity index (χ4v) is 5.22. The number of rotatable bonds is 6. The van der Waals surface area contributed by atoms with Gasteiger partial charge in [-0.1, -0.05) is 34.4 Å². The SMILES string of the molecule is CS(=O)(=O)c1ccc(C(CC2CCC(=NO)CC2)C(=O)Nc2ccc(Cl)cn2)cc1Cl. The number of benzene rings is 1. The van der Waals surface area contributed by atoms with E-state index >= 15 is 0 Å². The highest BCUT2D eigenvalue weighted by molar-refractivity contribution is 7.90. The van der Waals surface area contributed by atoms with Gasteiger partial charge < -0.3 is 10.5 Å². The third kappa shape index (κ3) is 6.18. The topological polar surface area (TPSA) is 109 Å². The van der Waals surface area contributed by atoms with E-state index in [2.05, 4.69) is 15.5 Å². The number of carbonyl (C=O) groups excluding carboxylic acids is 1. The second kappa shape index (κ2) is 9.97. The van der Waals surface area contributed by atoms with Crippen molar-refractivity contribution in [3.8, 4) is 0 Å². The first-order chi connectivity index (χ1) is 14.7. The summed E-state index contributed by atoms with van der Waals surface area (Å²) in [6.45, 7) is 0. The van der Waals surface area contributed by atoms with Gasteiger partial charge in [0, 0.05) is 12.5 Å². The van der Waals surface area contributed by atoms with Crippen molar-refractivity contribution < 1.29 is 18.4 Å². The van der Waals surface area contributed by atoms with E-state index < -0.39 is 15.8 Å². The van der Waals surface area contributed by atoms with Crippen molar-refractivity contribution in [2.75, 3.05) is 11.6 Å². The van der Waals surface area contributed by atoms with E-state index in [9.17, 15) is 13.2 Å². The van der Waals surface area contributed by atoms with Gasteiger partial charge in [0.05, 0.1) is 26.6 Å². The standard InChI is InChI=1S/C21H23Cl2N3O4S/c1-31(29,30)19-8-4-14(11-18(19)23)17(10-13-2-6-16(26-28)7-3-13)21(27)25-20-9-5-15(22)12-24-20/h4-5,8-9,11-13,17,28H,2-3,6-7,10H2,1H3,(H,24,25,27). The van der Waals surface area contributed by atoms with Crippen molar-refractivity contribution in [1.82, 2.24) is 4.98 Å². The Balaban J connectivity index is 1.87. The summed E-state index contributed by atoms with van der Waals surface area (Å²) in [4.78, 5) is 17.3. The Labute approximate surface area is 191 Å². The lowest BCUT2D eigenvalue weighted by Crippen LogP contribution is -2.26. The maximum atomic E-state index is 13.2. The average molecular weight is 484 g/mol. The molecule has 1 unspecified atom stereocenters. The Morgan fingerprint density at radius 2 is 1.97 bits per heavy atom. The van der Waals surface area contributed by atoms with E-state index in [4.69, 9.17) is 28.4 Å². The Hall–Kier alpha value is -2.16. The molecule has 10 heteroatoms. The molecule has 1 aromatic carbocycles. The van der Waals surface area contributed by atoms with Crippen LogP contribution in [0.25, 0.3) is 0 Å². The highest BCUT2D eigenvalue weighted by Crippen LogP contribution is 2.35. The lowest BCUT2D eigenvalue weighted by molar-refractivity contribution is -0.118. The second-order valence-corrected chi connectivity index (χ2v) is 10.5. The van der Waals surface area contributed by atoms with Crippen LogP contribution in [0.3, 0.4) is 0 Å². The molecule has 0 spiro atoms. The van der Waals surface area contributed by atoms with Gasteiger partial charge in [-0.05, 0) is 67.9 Å². The molecule has 1 aliphatic rings. The maximum absolute atomic E-state index is 13.2. The quantitative estimate of drug-likeness (QED) is 0.447. The zero-order valence-corrected chi connectivity index (χ0v) is 19.2. The third-order valence-electron chi connectivity index (χ3n) is 5.45. The zero-order valence-electron chi connectivity index (χ0n) is 16.9. The normalized spacial score (nSPS) is 17.8. The highest BCUT2D eigenvalue weighted by Gasteiger charge is 2.28. The van der Waals surface area contributed by atoms with Gasteiger partial charge in [0.25, 0.3) is 0 Å². The Kier molecular flexibility index (Phi) is 7.56. The second-order valence-electron chi connectivity index (χ2n) is 7.71. The molecule has 1 amide bonds. The van der Waals surface area contributed by atoms with E-state index in [0.29, 0.717) is 35.7 Å². The summed E-state index contributed by atoms with van der Waals surface area (Å²) >= 11 is 12.1. The maximum Gasteiger partial charge on any atom is 0.233 e. The first kappa shape index (κ1) is 23.5. The van der Waals surface area contributed by atoms with Gasteiger partial charge in [0.1, 0.15) is 5.82 Å². The van der Waals surface area contributed by atoms with Gasteiger partial charge in [-0.2, -0.15) is 0 Å². The van der Waals surface area contributed by atoms with Gasteiger partial charge in [-0.3, -0.25) is 4.79 Å². The van der Waals surface area contributed by atoms with E-state index in [1.807, 2.05) is 0 Å². The summed E-state index contributed by atoms with van der Waals surface area (Å²) in [7, 11) is -3.48. The fourth-order valence-electron chi connectivity index (χ4n) is 3.77. The monoisotopic (exact) mass is 483 g/mol. The van der Waals surface area contributed by atoms with Gasteiger partial charge in [0.15, 0.2) is 9.84 Å². The Morgan fingerprint density at radius 3 is 2.52 bits per heavy atom. The van der Waals surface area contributed by atoms with Crippen LogP contribution in [-0.4, -0.2) is 36.5 Å². The summed E-state index contributed by atoms with van der Waals surface area (Å²) < 4.78 is 23.8. The number of oxime groups is 1. The largest absolute Gasteiger partial charge is 0.411 e. The van der Waals surface area contributed by atoms with Crippen LogP contribution < -0.4 is 5.32 Å². The number of pyridine rings is 1. The molecule has 1 aliphatic carbocycles. The summed E-state index contributed by atoms with van der Waals surface area (Å²) in [5.74, 6) is -0.204. The van der Waals surface area contributed by atoms with Crippen LogP contribution in [-0.2, 0) is 14.6 Å². The van der Waals surface area contributed by atoms with Gasteiger partial charge >= 0.3 is 0 Å². The lowest BCUT2D eigenvalue weighted by atomic mass is 9.79. The molecule has 1 fully saturated rings. The van der Waals surface area contributed by atoms with Crippen LogP contribution in [0.5, 0.6) is 0 Å². The first-order valence-corrected chi connectivity index (χ1v) is 12.4. The van der Waals surface area contributed by atoms with Crippen molar-refractivity contribution >= 4 is 50.5 Å². The number of nitrogens with one attached hydrogen (secondary N) is 1. The van der Waals surface area contributed by atoms with Crippen molar-refractivity contribution in [2.24, 2.45) is 11.1 Å². The third-order valence-corrected chi connectivity index (χ3v) is 7.25. The van der Waals surface area contributed by atoms with Gasteiger partial charge in [-0.15, -0.1) is 0 Å². The molecule has 1 saturated carbocycles. The molecule has 2 aromatic rings. The molecule has 1 atom stereocenters. The molecule has 3 rings (SSSR count). The van der Waals surface area contributed by atoms with Crippen LogP contribution in [0.1, 0.15) is 43.6 Å². The highest BCUT2D eigenvalue weighted by atomic mass is 35.5. The summed E-state index contributed by atoms with van der Waals surface area (Å²) in [5, 5.41) is 15.6. The minimum absolute atomic E-state index is 0.0258. The molecule has 7 nitrogen and oxygen atoms in total. The van der Waals surface area contributed by atoms with E-state index in [-0.39, 0.29) is 21.7 Å². The molecule has 1 heterocycles. The number of aromatic nitrogens is 1.